The summed E-state index contributed by atoms with van der Waals surface area (Å²) in [5, 5.41) is 0. The third kappa shape index (κ3) is 4.01. The summed E-state index contributed by atoms with van der Waals surface area (Å²) in [7, 11) is 3.82. The van der Waals surface area contributed by atoms with Crippen LogP contribution in [0.25, 0.3) is 0 Å². The van der Waals surface area contributed by atoms with Gasteiger partial charge in [-0.05, 0) is 52.0 Å². The van der Waals surface area contributed by atoms with Crippen LogP contribution in [0.5, 0.6) is 0 Å². The van der Waals surface area contributed by atoms with Crippen LogP contribution in [0.1, 0.15) is 61.5 Å². The number of hydrogen-bond donors (Lipinski definition) is 1. The molecule has 1 aromatic heterocycles. The van der Waals surface area contributed by atoms with Gasteiger partial charge in [-0.1, -0.05) is 0 Å². The highest BCUT2D eigenvalue weighted by Gasteiger charge is 2.32. The minimum atomic E-state index is 0.0292. The molecule has 2 aliphatic heterocycles. The summed E-state index contributed by atoms with van der Waals surface area (Å²) in [5.41, 5.74) is 1.81. The van der Waals surface area contributed by atoms with E-state index in [0.29, 0.717) is 12.0 Å². The maximum Gasteiger partial charge on any atom is 0.254 e. The van der Waals surface area contributed by atoms with Gasteiger partial charge in [0.15, 0.2) is 0 Å². The van der Waals surface area contributed by atoms with Gasteiger partial charge in [0.05, 0.1) is 11.8 Å². The van der Waals surface area contributed by atoms with Crippen molar-refractivity contribution < 1.29 is 9.53 Å². The topological polar surface area (TPSA) is 78.5 Å². The zero-order valence-corrected chi connectivity index (χ0v) is 17.1. The van der Waals surface area contributed by atoms with E-state index in [9.17, 15) is 9.59 Å². The molecule has 1 saturated carbocycles. The number of fused-ring (bicyclic) bond motifs is 1. The molecule has 7 heteroatoms. The fourth-order valence-electron chi connectivity index (χ4n) is 4.96. The SMILES string of the molecule is COC1CCC(C(=O)N2CCC(c3nc4c(c(=O)[nH]3)CCN(C)C4)CC2)CC1. The molecule has 1 amide bonds. The Balaban J connectivity index is 1.37. The molecule has 1 aliphatic carbocycles. The van der Waals surface area contributed by atoms with E-state index in [0.717, 1.165) is 88.2 Å². The molecule has 0 bridgehead atoms. The highest BCUT2D eigenvalue weighted by molar-refractivity contribution is 5.79. The molecule has 1 N–H and O–H groups in total. The molecule has 1 aromatic rings. The van der Waals surface area contributed by atoms with Gasteiger partial charge in [0.2, 0.25) is 5.91 Å². The number of aromatic nitrogens is 2. The molecule has 1 saturated heterocycles. The van der Waals surface area contributed by atoms with E-state index in [2.05, 4.69) is 16.9 Å². The van der Waals surface area contributed by atoms with Crippen molar-refractivity contribution >= 4 is 5.91 Å². The van der Waals surface area contributed by atoms with E-state index >= 15 is 0 Å². The quantitative estimate of drug-likeness (QED) is 0.852. The number of methoxy groups -OCH3 is 1. The normalized spacial score (nSPS) is 26.9. The average molecular weight is 389 g/mol. The summed E-state index contributed by atoms with van der Waals surface area (Å²) < 4.78 is 5.42. The molecule has 3 aliphatic rings. The van der Waals surface area contributed by atoms with E-state index in [1.54, 1.807) is 7.11 Å². The van der Waals surface area contributed by atoms with Crippen LogP contribution < -0.4 is 5.56 Å². The fourth-order valence-corrected chi connectivity index (χ4v) is 4.96. The predicted octanol–water partition coefficient (Wildman–Crippen LogP) is 1.67. The molecule has 3 heterocycles. The van der Waals surface area contributed by atoms with Crippen molar-refractivity contribution in [1.29, 1.82) is 0 Å². The first kappa shape index (κ1) is 19.6. The summed E-state index contributed by atoms with van der Waals surface area (Å²) in [6.45, 7) is 3.17. The van der Waals surface area contributed by atoms with E-state index in [4.69, 9.17) is 9.72 Å². The van der Waals surface area contributed by atoms with Crippen LogP contribution in [0.3, 0.4) is 0 Å². The van der Waals surface area contributed by atoms with Crippen molar-refractivity contribution in [3.63, 3.8) is 0 Å². The highest BCUT2D eigenvalue weighted by Crippen LogP contribution is 2.31. The number of carbonyl (C=O) groups excluding carboxylic acids is 1. The molecule has 154 valence electrons. The van der Waals surface area contributed by atoms with Crippen LogP contribution in [0.4, 0.5) is 0 Å². The molecule has 0 aromatic carbocycles. The number of hydrogen-bond acceptors (Lipinski definition) is 5. The van der Waals surface area contributed by atoms with Gasteiger partial charge in [0.25, 0.3) is 5.56 Å². The Morgan fingerprint density at radius 1 is 1.11 bits per heavy atom. The maximum atomic E-state index is 12.9. The Hall–Kier alpha value is -1.73. The molecule has 0 atom stereocenters. The maximum absolute atomic E-state index is 12.9. The number of likely N-dealkylation sites (N-methyl/N-ethyl adjacent to an activating group) is 1. The molecular weight excluding hydrogens is 356 g/mol. The van der Waals surface area contributed by atoms with Crippen molar-refractivity contribution in [3.8, 4) is 0 Å². The first-order valence-electron chi connectivity index (χ1n) is 10.7. The van der Waals surface area contributed by atoms with Gasteiger partial charge in [-0.3, -0.25) is 9.59 Å². The van der Waals surface area contributed by atoms with Gasteiger partial charge in [0, 0.05) is 50.7 Å². The number of aromatic amines is 1. The largest absolute Gasteiger partial charge is 0.381 e. The summed E-state index contributed by atoms with van der Waals surface area (Å²) >= 11 is 0. The number of likely N-dealkylation sites (tertiary alicyclic amines) is 1. The number of amides is 1. The van der Waals surface area contributed by atoms with Gasteiger partial charge in [0.1, 0.15) is 5.82 Å². The predicted molar refractivity (Wildman–Crippen MR) is 106 cm³/mol. The minimum Gasteiger partial charge on any atom is -0.381 e. The Kier molecular flexibility index (Phi) is 5.83. The van der Waals surface area contributed by atoms with E-state index < -0.39 is 0 Å². The lowest BCUT2D eigenvalue weighted by atomic mass is 9.85. The van der Waals surface area contributed by atoms with Crippen LogP contribution in [-0.4, -0.2) is 65.6 Å². The first-order valence-corrected chi connectivity index (χ1v) is 10.7. The van der Waals surface area contributed by atoms with Gasteiger partial charge < -0.3 is 19.5 Å². The lowest BCUT2D eigenvalue weighted by Gasteiger charge is -2.36. The van der Waals surface area contributed by atoms with Crippen molar-refractivity contribution in [2.24, 2.45) is 5.92 Å². The summed E-state index contributed by atoms with van der Waals surface area (Å²) in [4.78, 5) is 37.4. The van der Waals surface area contributed by atoms with Crippen molar-refractivity contribution in [3.05, 3.63) is 27.4 Å². The summed E-state index contributed by atoms with van der Waals surface area (Å²) in [6, 6.07) is 0. The number of ether oxygens (including phenoxy) is 1. The van der Waals surface area contributed by atoms with Crippen LogP contribution >= 0.6 is 0 Å². The second-order valence-electron chi connectivity index (χ2n) is 8.67. The lowest BCUT2D eigenvalue weighted by Crippen LogP contribution is -2.43. The Bertz CT molecular complexity index is 761. The van der Waals surface area contributed by atoms with Crippen molar-refractivity contribution in [1.82, 2.24) is 19.8 Å². The molecule has 0 radical (unpaired) electrons. The molecule has 7 nitrogen and oxygen atoms in total. The molecule has 2 fully saturated rings. The van der Waals surface area contributed by atoms with Gasteiger partial charge in [-0.2, -0.15) is 0 Å². The molecule has 0 spiro atoms. The number of carbonyl (C=O) groups is 1. The first-order chi connectivity index (χ1) is 13.5. The lowest BCUT2D eigenvalue weighted by molar-refractivity contribution is -0.138. The summed E-state index contributed by atoms with van der Waals surface area (Å²) in [6.07, 6.45) is 6.67. The van der Waals surface area contributed by atoms with Crippen molar-refractivity contribution in [2.45, 2.75) is 63.5 Å². The van der Waals surface area contributed by atoms with Gasteiger partial charge in [-0.25, -0.2) is 4.98 Å². The average Bonchev–Trinajstić information content (AvgIpc) is 2.73. The molecular formula is C21H32N4O3. The summed E-state index contributed by atoms with van der Waals surface area (Å²) in [5.74, 6) is 1.51. The third-order valence-corrected chi connectivity index (χ3v) is 6.83. The van der Waals surface area contributed by atoms with E-state index in [1.165, 1.54) is 0 Å². The Labute approximate surface area is 166 Å². The zero-order chi connectivity index (χ0) is 19.7. The second kappa shape index (κ2) is 8.33. The Morgan fingerprint density at radius 3 is 2.50 bits per heavy atom. The van der Waals surface area contributed by atoms with E-state index in [-0.39, 0.29) is 17.4 Å². The monoisotopic (exact) mass is 388 g/mol. The van der Waals surface area contributed by atoms with Crippen LogP contribution in [0.15, 0.2) is 4.79 Å². The molecule has 0 unspecified atom stereocenters. The Morgan fingerprint density at radius 2 is 1.82 bits per heavy atom. The molecule has 28 heavy (non-hydrogen) atoms. The third-order valence-electron chi connectivity index (χ3n) is 6.83. The van der Waals surface area contributed by atoms with Crippen LogP contribution in [0.2, 0.25) is 0 Å². The highest BCUT2D eigenvalue weighted by atomic mass is 16.5. The second-order valence-corrected chi connectivity index (χ2v) is 8.67. The van der Waals surface area contributed by atoms with Crippen LogP contribution in [0, 0.1) is 5.92 Å². The minimum absolute atomic E-state index is 0.0292. The van der Waals surface area contributed by atoms with E-state index in [1.807, 2.05) is 4.90 Å². The number of H-pyrrole nitrogens is 1. The van der Waals surface area contributed by atoms with Gasteiger partial charge in [-0.15, -0.1) is 0 Å². The number of rotatable bonds is 3. The van der Waals surface area contributed by atoms with Gasteiger partial charge >= 0.3 is 0 Å². The van der Waals surface area contributed by atoms with Crippen molar-refractivity contribution in [2.75, 3.05) is 33.8 Å². The smallest absolute Gasteiger partial charge is 0.254 e. The van der Waals surface area contributed by atoms with Crippen LogP contribution in [-0.2, 0) is 22.5 Å². The molecule has 4 rings (SSSR count). The zero-order valence-electron chi connectivity index (χ0n) is 17.1. The number of nitrogens with one attached hydrogen (secondary N) is 1. The standard InChI is InChI=1S/C21H32N4O3/c1-24-10-9-17-18(13-24)22-19(23-20(17)26)14-7-11-25(12-8-14)21(27)15-3-5-16(28-2)6-4-15/h14-16H,3-13H2,1-2H3,(H,22,23,26). The fraction of sp³-hybridized carbons (Fsp3) is 0.762. The number of nitrogens with zero attached hydrogens (tertiary/aromatic N) is 3. The number of piperidine rings is 1.